The Bertz CT molecular complexity index is 824. The summed E-state index contributed by atoms with van der Waals surface area (Å²) in [6.45, 7) is 2.04. The summed E-state index contributed by atoms with van der Waals surface area (Å²) >= 11 is 1.57. The molecular weight excluding hydrogens is 368 g/mol. The van der Waals surface area contributed by atoms with Gasteiger partial charge in [0.15, 0.2) is 0 Å². The van der Waals surface area contributed by atoms with Crippen molar-refractivity contribution in [2.24, 2.45) is 0 Å². The number of carbonyl (C=O) groups excluding carboxylic acids is 1. The van der Waals surface area contributed by atoms with Crippen LogP contribution in [-0.4, -0.2) is 32.4 Å². The number of anilines is 1. The van der Waals surface area contributed by atoms with Crippen LogP contribution in [0.5, 0.6) is 0 Å². The molecule has 0 heterocycles. The van der Waals surface area contributed by atoms with E-state index in [2.05, 4.69) is 10.0 Å². The van der Waals surface area contributed by atoms with Crippen LogP contribution in [0, 0.1) is 0 Å². The second kappa shape index (κ2) is 9.75. The molecule has 0 fully saturated rings. The van der Waals surface area contributed by atoms with Gasteiger partial charge in [-0.25, -0.2) is 8.42 Å². The molecule has 1 amide bonds. The molecule has 0 aliphatic carbocycles. The van der Waals surface area contributed by atoms with E-state index in [0.717, 1.165) is 12.0 Å². The second-order valence-electron chi connectivity index (χ2n) is 5.81. The number of nitrogens with one attached hydrogen (secondary N) is 2. The van der Waals surface area contributed by atoms with Crippen LogP contribution >= 0.6 is 11.8 Å². The monoisotopic (exact) mass is 392 g/mol. The Hall–Kier alpha value is -1.83. The fraction of sp³-hybridized carbons (Fsp3) is 0.316. The topological polar surface area (TPSA) is 75.3 Å². The Morgan fingerprint density at radius 1 is 1.12 bits per heavy atom. The number of amides is 1. The highest BCUT2D eigenvalue weighted by Crippen LogP contribution is 2.14. The normalized spacial score (nSPS) is 12.5. The molecule has 0 saturated heterocycles. The minimum atomic E-state index is -3.76. The van der Waals surface area contributed by atoms with Crippen molar-refractivity contribution >= 4 is 33.4 Å². The Labute approximate surface area is 159 Å². The number of carbonyl (C=O) groups is 1. The van der Waals surface area contributed by atoms with E-state index in [-0.39, 0.29) is 10.8 Å². The largest absolute Gasteiger partial charge is 0.325 e. The van der Waals surface area contributed by atoms with Crippen molar-refractivity contribution in [2.45, 2.75) is 30.7 Å². The van der Waals surface area contributed by atoms with Gasteiger partial charge in [0.25, 0.3) is 0 Å². The summed E-state index contributed by atoms with van der Waals surface area (Å²) in [7, 11) is -3.76. The van der Waals surface area contributed by atoms with Gasteiger partial charge in [0.05, 0.1) is 4.90 Å². The van der Waals surface area contributed by atoms with Crippen LogP contribution in [-0.2, 0) is 21.2 Å². The highest BCUT2D eigenvalue weighted by atomic mass is 32.2. The number of benzene rings is 2. The van der Waals surface area contributed by atoms with Gasteiger partial charge in [-0.1, -0.05) is 37.3 Å². The van der Waals surface area contributed by atoms with Gasteiger partial charge < -0.3 is 5.32 Å². The van der Waals surface area contributed by atoms with E-state index >= 15 is 0 Å². The standard InChI is InChI=1S/C19H24N2O3S2/c1-3-15-8-7-9-16(14-15)20-19(22)18(12-13-25-2)21-26(23,24)17-10-5-4-6-11-17/h4-11,14,18,21H,3,12-13H2,1-2H3,(H,20,22). The van der Waals surface area contributed by atoms with Crippen LogP contribution in [0.4, 0.5) is 5.69 Å². The first-order valence-corrected chi connectivity index (χ1v) is 11.3. The molecule has 0 aromatic heterocycles. The number of aryl methyl sites for hydroxylation is 1. The summed E-state index contributed by atoms with van der Waals surface area (Å²) in [5, 5.41) is 2.82. The first kappa shape index (κ1) is 20.5. The van der Waals surface area contributed by atoms with Crippen LogP contribution in [0.25, 0.3) is 0 Å². The molecule has 0 bridgehead atoms. The molecule has 0 saturated carbocycles. The molecule has 0 aliphatic rings. The van der Waals surface area contributed by atoms with Crippen molar-refractivity contribution in [1.82, 2.24) is 4.72 Å². The average molecular weight is 393 g/mol. The zero-order valence-electron chi connectivity index (χ0n) is 14.9. The fourth-order valence-corrected chi connectivity index (χ4v) is 4.15. The highest BCUT2D eigenvalue weighted by molar-refractivity contribution is 7.98. The molecule has 0 radical (unpaired) electrons. The molecule has 0 aliphatic heterocycles. The minimum Gasteiger partial charge on any atom is -0.325 e. The molecule has 0 spiro atoms. The van der Waals surface area contributed by atoms with Crippen molar-refractivity contribution in [3.8, 4) is 0 Å². The van der Waals surface area contributed by atoms with Crippen molar-refractivity contribution < 1.29 is 13.2 Å². The van der Waals surface area contributed by atoms with E-state index < -0.39 is 16.1 Å². The smallest absolute Gasteiger partial charge is 0.242 e. The second-order valence-corrected chi connectivity index (χ2v) is 8.51. The van der Waals surface area contributed by atoms with Crippen LogP contribution in [0.3, 0.4) is 0 Å². The molecule has 1 atom stereocenters. The van der Waals surface area contributed by atoms with E-state index in [1.54, 1.807) is 36.0 Å². The van der Waals surface area contributed by atoms with E-state index in [1.165, 1.54) is 12.1 Å². The number of sulfonamides is 1. The molecule has 2 rings (SSSR count). The SMILES string of the molecule is CCc1cccc(NC(=O)C(CCSC)NS(=O)(=O)c2ccccc2)c1. The molecule has 2 aromatic rings. The van der Waals surface area contributed by atoms with E-state index in [1.807, 2.05) is 31.4 Å². The summed E-state index contributed by atoms with van der Waals surface area (Å²) in [6, 6.07) is 14.8. The van der Waals surface area contributed by atoms with Crippen LogP contribution in [0.15, 0.2) is 59.5 Å². The van der Waals surface area contributed by atoms with Gasteiger partial charge in [-0.05, 0) is 54.7 Å². The lowest BCUT2D eigenvalue weighted by atomic mass is 10.1. The van der Waals surface area contributed by atoms with Crippen molar-refractivity contribution in [2.75, 3.05) is 17.3 Å². The summed E-state index contributed by atoms with van der Waals surface area (Å²) in [5.74, 6) is 0.316. The number of hydrogen-bond acceptors (Lipinski definition) is 4. The van der Waals surface area contributed by atoms with Crippen LogP contribution < -0.4 is 10.0 Å². The quantitative estimate of drug-likeness (QED) is 0.687. The molecule has 7 heteroatoms. The summed E-state index contributed by atoms with van der Waals surface area (Å²) in [6.07, 6.45) is 3.19. The Morgan fingerprint density at radius 2 is 1.85 bits per heavy atom. The third kappa shape index (κ3) is 5.86. The third-order valence-corrected chi connectivity index (χ3v) is 6.01. The molecular formula is C19H24N2O3S2. The Balaban J connectivity index is 2.16. The molecule has 1 unspecified atom stereocenters. The summed E-state index contributed by atoms with van der Waals surface area (Å²) in [4.78, 5) is 12.8. The van der Waals surface area contributed by atoms with Gasteiger partial charge in [-0.15, -0.1) is 0 Å². The van der Waals surface area contributed by atoms with Crippen LogP contribution in [0.1, 0.15) is 18.9 Å². The van der Waals surface area contributed by atoms with Crippen molar-refractivity contribution in [3.05, 3.63) is 60.2 Å². The molecule has 26 heavy (non-hydrogen) atoms. The first-order chi connectivity index (χ1) is 12.5. The van der Waals surface area contributed by atoms with Gasteiger partial charge in [0.1, 0.15) is 6.04 Å². The lowest BCUT2D eigenvalue weighted by Gasteiger charge is -2.18. The van der Waals surface area contributed by atoms with E-state index in [9.17, 15) is 13.2 Å². The highest BCUT2D eigenvalue weighted by Gasteiger charge is 2.25. The van der Waals surface area contributed by atoms with E-state index in [0.29, 0.717) is 17.9 Å². The van der Waals surface area contributed by atoms with Gasteiger partial charge in [0, 0.05) is 5.69 Å². The first-order valence-electron chi connectivity index (χ1n) is 8.42. The fourth-order valence-electron chi connectivity index (χ4n) is 2.43. The third-order valence-electron chi connectivity index (χ3n) is 3.88. The maximum absolute atomic E-state index is 12.7. The number of hydrogen-bond donors (Lipinski definition) is 2. The molecule has 140 valence electrons. The number of rotatable bonds is 9. The zero-order valence-corrected chi connectivity index (χ0v) is 16.6. The van der Waals surface area contributed by atoms with Crippen molar-refractivity contribution in [3.63, 3.8) is 0 Å². The zero-order chi connectivity index (χ0) is 19.0. The van der Waals surface area contributed by atoms with Gasteiger partial charge in [0.2, 0.25) is 15.9 Å². The minimum absolute atomic E-state index is 0.148. The lowest BCUT2D eigenvalue weighted by Crippen LogP contribution is -2.44. The molecule has 5 nitrogen and oxygen atoms in total. The summed E-state index contributed by atoms with van der Waals surface area (Å²) < 4.78 is 27.7. The maximum Gasteiger partial charge on any atom is 0.242 e. The van der Waals surface area contributed by atoms with Gasteiger partial charge in [-0.3, -0.25) is 4.79 Å². The van der Waals surface area contributed by atoms with Crippen LogP contribution in [0.2, 0.25) is 0 Å². The molecule has 2 N–H and O–H groups in total. The van der Waals surface area contributed by atoms with E-state index in [4.69, 9.17) is 0 Å². The Kier molecular flexibility index (Phi) is 7.68. The lowest BCUT2D eigenvalue weighted by molar-refractivity contribution is -0.117. The average Bonchev–Trinajstić information content (AvgIpc) is 2.65. The predicted octanol–water partition coefficient (Wildman–Crippen LogP) is 3.29. The predicted molar refractivity (Wildman–Crippen MR) is 108 cm³/mol. The van der Waals surface area contributed by atoms with Gasteiger partial charge in [-0.2, -0.15) is 16.5 Å². The Morgan fingerprint density at radius 3 is 2.50 bits per heavy atom. The summed E-state index contributed by atoms with van der Waals surface area (Å²) in [5.41, 5.74) is 1.77. The van der Waals surface area contributed by atoms with Gasteiger partial charge >= 0.3 is 0 Å². The maximum atomic E-state index is 12.7. The number of thioether (sulfide) groups is 1. The van der Waals surface area contributed by atoms with Crippen molar-refractivity contribution in [1.29, 1.82) is 0 Å². The molecule has 2 aromatic carbocycles.